The zero-order valence-electron chi connectivity index (χ0n) is 7.12. The molecular weight excluding hydrogens is 262 g/mol. The van der Waals surface area contributed by atoms with Crippen LogP contribution in [0.5, 0.6) is 5.75 Å². The molecule has 0 atom stereocenters. The topological polar surface area (TPSA) is 44.0 Å². The Morgan fingerprint density at radius 1 is 1.50 bits per heavy atom. The lowest BCUT2D eigenvalue weighted by Crippen LogP contribution is -1.77. The van der Waals surface area contributed by atoms with Gasteiger partial charge in [-0.2, -0.15) is 5.26 Å². The van der Waals surface area contributed by atoms with Gasteiger partial charge in [0.05, 0.1) is 0 Å². The monoisotopic (exact) mass is 267 g/mol. The summed E-state index contributed by atoms with van der Waals surface area (Å²) >= 11 is 4.77. The minimum Gasteiger partial charge on any atom is -0.508 e. The van der Waals surface area contributed by atoms with E-state index in [9.17, 15) is 5.11 Å². The first-order chi connectivity index (χ1) is 6.76. The highest BCUT2D eigenvalue weighted by atomic mass is 79.9. The van der Waals surface area contributed by atoms with Crippen LogP contribution >= 0.6 is 27.3 Å². The first kappa shape index (κ1) is 9.50. The number of nitrogens with zero attached hydrogens (tertiary/aromatic N) is 1. The number of hydrogen-bond donors (Lipinski definition) is 1. The molecule has 1 aromatic carbocycles. The highest BCUT2D eigenvalue weighted by Crippen LogP contribution is 2.34. The third kappa shape index (κ3) is 1.39. The molecule has 0 aliphatic heterocycles. The lowest BCUT2D eigenvalue weighted by molar-refractivity contribution is 0.476. The smallest absolute Gasteiger partial charge is 0.117 e. The van der Waals surface area contributed by atoms with Crippen LogP contribution in [0.15, 0.2) is 18.2 Å². The van der Waals surface area contributed by atoms with Gasteiger partial charge < -0.3 is 5.11 Å². The standard InChI is InChI=1S/C10H6BrNOS/c11-4-8-7-2-1-6(13)3-9(7)14-10(8)5-12/h1-3,13H,4H2. The van der Waals surface area contributed by atoms with Crippen molar-refractivity contribution in [3.63, 3.8) is 0 Å². The minimum atomic E-state index is 0.240. The number of alkyl halides is 1. The van der Waals surface area contributed by atoms with Gasteiger partial charge in [0.1, 0.15) is 16.7 Å². The van der Waals surface area contributed by atoms with Gasteiger partial charge in [0, 0.05) is 10.0 Å². The fourth-order valence-electron chi connectivity index (χ4n) is 1.36. The molecule has 0 aliphatic rings. The lowest BCUT2D eigenvalue weighted by Gasteiger charge is -1.94. The molecule has 0 amide bonds. The van der Waals surface area contributed by atoms with E-state index < -0.39 is 0 Å². The van der Waals surface area contributed by atoms with Crippen LogP contribution in [0.3, 0.4) is 0 Å². The largest absolute Gasteiger partial charge is 0.508 e. The van der Waals surface area contributed by atoms with Crippen molar-refractivity contribution in [1.29, 1.82) is 5.26 Å². The number of hydrogen-bond acceptors (Lipinski definition) is 3. The molecule has 0 bridgehead atoms. The number of phenols is 1. The number of rotatable bonds is 1. The van der Waals surface area contributed by atoms with Gasteiger partial charge in [-0.15, -0.1) is 11.3 Å². The lowest BCUT2D eigenvalue weighted by atomic mass is 10.1. The average Bonchev–Trinajstić information content (AvgIpc) is 2.54. The van der Waals surface area contributed by atoms with Gasteiger partial charge in [-0.25, -0.2) is 0 Å². The molecule has 0 radical (unpaired) electrons. The van der Waals surface area contributed by atoms with Crippen LogP contribution in [0.2, 0.25) is 0 Å². The number of phenolic OH excluding ortho intramolecular Hbond substituents is 1. The SMILES string of the molecule is N#Cc1sc2cc(O)ccc2c1CBr. The second-order valence-corrected chi connectivity index (χ2v) is 4.45. The number of aromatic hydroxyl groups is 1. The summed E-state index contributed by atoms with van der Waals surface area (Å²) in [6, 6.07) is 7.34. The fourth-order valence-corrected chi connectivity index (χ4v) is 3.18. The molecule has 70 valence electrons. The summed E-state index contributed by atoms with van der Waals surface area (Å²) in [5.74, 6) is 0.240. The quantitative estimate of drug-likeness (QED) is 0.806. The Bertz CT molecular complexity index is 527. The number of thiophene rings is 1. The summed E-state index contributed by atoms with van der Waals surface area (Å²) in [7, 11) is 0. The van der Waals surface area contributed by atoms with E-state index in [0.717, 1.165) is 15.6 Å². The fraction of sp³-hybridized carbons (Fsp3) is 0.100. The van der Waals surface area contributed by atoms with Gasteiger partial charge in [-0.3, -0.25) is 0 Å². The Morgan fingerprint density at radius 2 is 2.29 bits per heavy atom. The van der Waals surface area contributed by atoms with Crippen molar-refractivity contribution in [1.82, 2.24) is 0 Å². The number of nitriles is 1. The zero-order valence-corrected chi connectivity index (χ0v) is 9.52. The maximum absolute atomic E-state index is 9.29. The Morgan fingerprint density at radius 3 is 2.93 bits per heavy atom. The third-order valence-corrected chi connectivity index (χ3v) is 3.67. The molecular formula is C10H6BrNOS. The van der Waals surface area contributed by atoms with E-state index in [4.69, 9.17) is 5.26 Å². The highest BCUT2D eigenvalue weighted by Gasteiger charge is 2.10. The van der Waals surface area contributed by atoms with Crippen LogP contribution in [0.25, 0.3) is 10.1 Å². The van der Waals surface area contributed by atoms with Gasteiger partial charge in [-0.05, 0) is 29.1 Å². The number of benzene rings is 1. The van der Waals surface area contributed by atoms with E-state index >= 15 is 0 Å². The molecule has 0 saturated carbocycles. The summed E-state index contributed by atoms with van der Waals surface area (Å²) in [4.78, 5) is 0.711. The van der Waals surface area contributed by atoms with Gasteiger partial charge in [-0.1, -0.05) is 15.9 Å². The van der Waals surface area contributed by atoms with Crippen LogP contribution < -0.4 is 0 Å². The predicted octanol–water partition coefficient (Wildman–Crippen LogP) is 3.37. The second-order valence-electron chi connectivity index (χ2n) is 2.84. The van der Waals surface area contributed by atoms with Crippen LogP contribution in [-0.4, -0.2) is 5.11 Å². The minimum absolute atomic E-state index is 0.240. The summed E-state index contributed by atoms with van der Waals surface area (Å²) in [5.41, 5.74) is 1.01. The molecule has 1 aromatic heterocycles. The number of fused-ring (bicyclic) bond motifs is 1. The first-order valence-corrected chi connectivity index (χ1v) is 5.90. The normalized spacial score (nSPS) is 10.3. The van der Waals surface area contributed by atoms with Crippen LogP contribution in [-0.2, 0) is 5.33 Å². The summed E-state index contributed by atoms with van der Waals surface area (Å²) in [6.07, 6.45) is 0. The van der Waals surface area contributed by atoms with Gasteiger partial charge in [0.2, 0.25) is 0 Å². The van der Waals surface area contributed by atoms with Gasteiger partial charge in [0.25, 0.3) is 0 Å². The molecule has 2 rings (SSSR count). The molecule has 0 spiro atoms. The highest BCUT2D eigenvalue weighted by molar-refractivity contribution is 9.08. The Balaban J connectivity index is 2.81. The van der Waals surface area contributed by atoms with Crippen molar-refractivity contribution in [2.24, 2.45) is 0 Å². The van der Waals surface area contributed by atoms with Crippen molar-refractivity contribution in [3.05, 3.63) is 28.6 Å². The molecule has 0 aliphatic carbocycles. The molecule has 4 heteroatoms. The molecule has 1 heterocycles. The molecule has 1 N–H and O–H groups in total. The third-order valence-electron chi connectivity index (χ3n) is 2.01. The summed E-state index contributed by atoms with van der Waals surface area (Å²) < 4.78 is 0.955. The summed E-state index contributed by atoms with van der Waals surface area (Å²) in [5, 5.41) is 19.9. The van der Waals surface area contributed by atoms with E-state index in [1.165, 1.54) is 11.3 Å². The predicted molar refractivity (Wildman–Crippen MR) is 60.8 cm³/mol. The molecule has 0 unspecified atom stereocenters. The maximum atomic E-state index is 9.29. The molecule has 0 fully saturated rings. The maximum Gasteiger partial charge on any atom is 0.117 e. The van der Waals surface area contributed by atoms with Crippen molar-refractivity contribution < 1.29 is 5.11 Å². The van der Waals surface area contributed by atoms with E-state index in [1.807, 2.05) is 6.07 Å². The molecule has 14 heavy (non-hydrogen) atoms. The van der Waals surface area contributed by atoms with Crippen LogP contribution in [0.1, 0.15) is 10.4 Å². The van der Waals surface area contributed by atoms with E-state index in [2.05, 4.69) is 22.0 Å². The zero-order chi connectivity index (χ0) is 10.1. The molecule has 2 aromatic rings. The van der Waals surface area contributed by atoms with Gasteiger partial charge >= 0.3 is 0 Å². The van der Waals surface area contributed by atoms with Crippen molar-refractivity contribution >= 4 is 37.4 Å². The average molecular weight is 268 g/mol. The van der Waals surface area contributed by atoms with Crippen LogP contribution in [0, 0.1) is 11.3 Å². The molecule has 2 nitrogen and oxygen atoms in total. The van der Waals surface area contributed by atoms with Crippen molar-refractivity contribution in [2.45, 2.75) is 5.33 Å². The first-order valence-electron chi connectivity index (χ1n) is 3.96. The second kappa shape index (κ2) is 3.60. The number of halogens is 1. The van der Waals surface area contributed by atoms with Crippen molar-refractivity contribution in [2.75, 3.05) is 0 Å². The Hall–Kier alpha value is -1.05. The van der Waals surface area contributed by atoms with E-state index in [0.29, 0.717) is 10.2 Å². The van der Waals surface area contributed by atoms with E-state index in [1.54, 1.807) is 12.1 Å². The van der Waals surface area contributed by atoms with Crippen molar-refractivity contribution in [3.8, 4) is 11.8 Å². The van der Waals surface area contributed by atoms with E-state index in [-0.39, 0.29) is 5.75 Å². The Kier molecular flexibility index (Phi) is 2.44. The Labute approximate surface area is 93.5 Å². The molecule has 0 saturated heterocycles. The van der Waals surface area contributed by atoms with Crippen LogP contribution in [0.4, 0.5) is 0 Å². The summed E-state index contributed by atoms with van der Waals surface area (Å²) in [6.45, 7) is 0. The van der Waals surface area contributed by atoms with Gasteiger partial charge in [0.15, 0.2) is 0 Å².